The van der Waals surface area contributed by atoms with Gasteiger partial charge in [-0.1, -0.05) is 6.08 Å². The topological polar surface area (TPSA) is 79.0 Å². The van der Waals surface area contributed by atoms with Crippen molar-refractivity contribution < 1.29 is 17.9 Å². The highest BCUT2D eigenvalue weighted by Gasteiger charge is 2.19. The molecule has 0 atom stereocenters. The molecule has 1 N–H and O–H groups in total. The molecule has 7 nitrogen and oxygen atoms in total. The predicted molar refractivity (Wildman–Crippen MR) is 81.5 cm³/mol. The van der Waals surface area contributed by atoms with Crippen LogP contribution in [0.15, 0.2) is 12.7 Å². The van der Waals surface area contributed by atoms with Crippen LogP contribution in [0.3, 0.4) is 0 Å². The first-order chi connectivity index (χ1) is 9.93. The van der Waals surface area contributed by atoms with Gasteiger partial charge >= 0.3 is 0 Å². The Bertz CT molecular complexity index is 433. The minimum absolute atomic E-state index is 0.157. The second kappa shape index (κ2) is 9.14. The SMILES string of the molecule is C=CCNC(=O)CCN(CCN1CCOCC1)S(C)(=O)=O. The van der Waals surface area contributed by atoms with Gasteiger partial charge in [-0.05, 0) is 0 Å². The first kappa shape index (κ1) is 18.1. The number of carbonyl (C=O) groups excluding carboxylic acids is 1. The van der Waals surface area contributed by atoms with Crippen molar-refractivity contribution >= 4 is 15.9 Å². The number of hydrogen-bond acceptors (Lipinski definition) is 5. The van der Waals surface area contributed by atoms with Gasteiger partial charge in [0.05, 0.1) is 19.5 Å². The summed E-state index contributed by atoms with van der Waals surface area (Å²) in [6.07, 6.45) is 2.92. The van der Waals surface area contributed by atoms with Crippen LogP contribution >= 0.6 is 0 Å². The lowest BCUT2D eigenvalue weighted by atomic mass is 10.3. The Hall–Kier alpha value is -0.960. The van der Waals surface area contributed by atoms with E-state index in [1.54, 1.807) is 6.08 Å². The average Bonchev–Trinajstić information content (AvgIpc) is 2.44. The van der Waals surface area contributed by atoms with Crippen LogP contribution in [-0.4, -0.2) is 82.3 Å². The molecule has 0 unspecified atom stereocenters. The van der Waals surface area contributed by atoms with Crippen LogP contribution in [0.5, 0.6) is 0 Å². The zero-order valence-corrected chi connectivity index (χ0v) is 13.4. The molecule has 0 aromatic rings. The van der Waals surface area contributed by atoms with E-state index in [1.807, 2.05) is 0 Å². The minimum Gasteiger partial charge on any atom is -0.379 e. The van der Waals surface area contributed by atoms with Gasteiger partial charge in [0.15, 0.2) is 0 Å². The Labute approximate surface area is 127 Å². The second-order valence-corrected chi connectivity index (χ2v) is 6.94. The lowest BCUT2D eigenvalue weighted by Crippen LogP contribution is -2.43. The Kier molecular flexibility index (Phi) is 7.87. The predicted octanol–water partition coefficient (Wildman–Crippen LogP) is -0.727. The Balaban J connectivity index is 2.40. The molecule has 1 aliphatic rings. The van der Waals surface area contributed by atoms with Crippen molar-refractivity contribution in [2.24, 2.45) is 0 Å². The zero-order chi connectivity index (χ0) is 15.7. The third-order valence-corrected chi connectivity index (χ3v) is 4.57. The molecule has 1 heterocycles. The maximum Gasteiger partial charge on any atom is 0.221 e. The molecule has 0 aromatic carbocycles. The number of carbonyl (C=O) groups is 1. The molecule has 1 amide bonds. The molecule has 1 saturated heterocycles. The van der Waals surface area contributed by atoms with Crippen LogP contribution in [0, 0.1) is 0 Å². The largest absolute Gasteiger partial charge is 0.379 e. The maximum atomic E-state index is 11.8. The van der Waals surface area contributed by atoms with E-state index in [4.69, 9.17) is 4.74 Å². The Morgan fingerprint density at radius 1 is 1.38 bits per heavy atom. The minimum atomic E-state index is -3.31. The summed E-state index contributed by atoms with van der Waals surface area (Å²) in [5, 5.41) is 2.64. The van der Waals surface area contributed by atoms with Crippen molar-refractivity contribution in [1.29, 1.82) is 0 Å². The molecule has 0 aliphatic carbocycles. The van der Waals surface area contributed by atoms with E-state index in [1.165, 1.54) is 10.6 Å². The number of nitrogens with one attached hydrogen (secondary N) is 1. The summed E-state index contributed by atoms with van der Waals surface area (Å²) in [5.41, 5.74) is 0. The maximum absolute atomic E-state index is 11.8. The first-order valence-corrected chi connectivity index (χ1v) is 8.91. The van der Waals surface area contributed by atoms with E-state index in [2.05, 4.69) is 16.8 Å². The van der Waals surface area contributed by atoms with Crippen molar-refractivity contribution in [3.63, 3.8) is 0 Å². The number of sulfonamides is 1. The number of ether oxygens (including phenoxy) is 1. The van der Waals surface area contributed by atoms with Gasteiger partial charge in [-0.2, -0.15) is 0 Å². The summed E-state index contributed by atoms with van der Waals surface area (Å²) in [6, 6.07) is 0. The van der Waals surface area contributed by atoms with E-state index >= 15 is 0 Å². The molecule has 0 spiro atoms. The molecule has 1 rings (SSSR count). The average molecular weight is 319 g/mol. The molecule has 21 heavy (non-hydrogen) atoms. The summed E-state index contributed by atoms with van der Waals surface area (Å²) in [7, 11) is -3.31. The van der Waals surface area contributed by atoms with Gasteiger partial charge in [-0.25, -0.2) is 12.7 Å². The molecular formula is C13H25N3O4S. The van der Waals surface area contributed by atoms with Gasteiger partial charge in [-0.3, -0.25) is 9.69 Å². The summed E-state index contributed by atoms with van der Waals surface area (Å²) < 4.78 is 30.1. The number of amides is 1. The van der Waals surface area contributed by atoms with E-state index in [-0.39, 0.29) is 18.9 Å². The third kappa shape index (κ3) is 7.56. The van der Waals surface area contributed by atoms with Gasteiger partial charge in [0.1, 0.15) is 0 Å². The van der Waals surface area contributed by atoms with Gasteiger partial charge in [-0.15, -0.1) is 6.58 Å². The van der Waals surface area contributed by atoms with Crippen LogP contribution < -0.4 is 5.32 Å². The van der Waals surface area contributed by atoms with Gasteiger partial charge < -0.3 is 10.1 Å². The van der Waals surface area contributed by atoms with Gasteiger partial charge in [0, 0.05) is 45.7 Å². The van der Waals surface area contributed by atoms with Crippen LogP contribution in [-0.2, 0) is 19.6 Å². The van der Waals surface area contributed by atoms with Crippen molar-refractivity contribution in [3.05, 3.63) is 12.7 Å². The zero-order valence-electron chi connectivity index (χ0n) is 12.6. The standard InChI is InChI=1S/C13H25N3O4S/c1-3-5-14-13(17)4-6-16(21(2,18)19)8-7-15-9-11-20-12-10-15/h3H,1,4-12H2,2H3,(H,14,17). The summed E-state index contributed by atoms with van der Waals surface area (Å²) in [4.78, 5) is 13.7. The molecule has 8 heteroatoms. The normalized spacial score (nSPS) is 16.9. The van der Waals surface area contributed by atoms with E-state index in [0.717, 1.165) is 13.1 Å². The fourth-order valence-corrected chi connectivity index (χ4v) is 2.86. The molecule has 0 bridgehead atoms. The molecule has 122 valence electrons. The van der Waals surface area contributed by atoms with Crippen LogP contribution in [0.1, 0.15) is 6.42 Å². The molecule has 0 radical (unpaired) electrons. The lowest BCUT2D eigenvalue weighted by Gasteiger charge is -2.29. The number of hydrogen-bond donors (Lipinski definition) is 1. The molecule has 0 saturated carbocycles. The number of rotatable bonds is 9. The van der Waals surface area contributed by atoms with E-state index in [9.17, 15) is 13.2 Å². The van der Waals surface area contributed by atoms with Crippen LogP contribution in [0.25, 0.3) is 0 Å². The Morgan fingerprint density at radius 2 is 2.05 bits per heavy atom. The number of morpholine rings is 1. The smallest absolute Gasteiger partial charge is 0.221 e. The highest BCUT2D eigenvalue weighted by atomic mass is 32.2. The third-order valence-electron chi connectivity index (χ3n) is 3.27. The Morgan fingerprint density at radius 3 is 2.62 bits per heavy atom. The van der Waals surface area contributed by atoms with E-state index < -0.39 is 10.0 Å². The van der Waals surface area contributed by atoms with Crippen molar-refractivity contribution in [1.82, 2.24) is 14.5 Å². The van der Waals surface area contributed by atoms with Gasteiger partial charge in [0.25, 0.3) is 0 Å². The van der Waals surface area contributed by atoms with Gasteiger partial charge in [0.2, 0.25) is 15.9 Å². The summed E-state index contributed by atoms with van der Waals surface area (Å²) in [5.74, 6) is -0.171. The monoisotopic (exact) mass is 319 g/mol. The highest BCUT2D eigenvalue weighted by molar-refractivity contribution is 7.88. The molecule has 1 fully saturated rings. The fraction of sp³-hybridized carbons (Fsp3) is 0.769. The first-order valence-electron chi connectivity index (χ1n) is 7.06. The van der Waals surface area contributed by atoms with Crippen molar-refractivity contribution in [3.8, 4) is 0 Å². The van der Waals surface area contributed by atoms with Crippen LogP contribution in [0.4, 0.5) is 0 Å². The highest BCUT2D eigenvalue weighted by Crippen LogP contribution is 2.03. The van der Waals surface area contributed by atoms with Crippen molar-refractivity contribution in [2.75, 3.05) is 58.7 Å². The fourth-order valence-electron chi connectivity index (χ4n) is 2.02. The van der Waals surface area contributed by atoms with Crippen molar-refractivity contribution in [2.45, 2.75) is 6.42 Å². The summed E-state index contributed by atoms with van der Waals surface area (Å²) in [6.45, 7) is 8.16. The summed E-state index contributed by atoms with van der Waals surface area (Å²) >= 11 is 0. The quantitative estimate of drug-likeness (QED) is 0.567. The van der Waals surface area contributed by atoms with Crippen LogP contribution in [0.2, 0.25) is 0 Å². The number of nitrogens with zero attached hydrogens (tertiary/aromatic N) is 2. The van der Waals surface area contributed by atoms with E-state index in [0.29, 0.717) is 32.8 Å². The molecular weight excluding hydrogens is 294 g/mol. The molecule has 1 aliphatic heterocycles. The lowest BCUT2D eigenvalue weighted by molar-refractivity contribution is -0.121. The molecule has 0 aromatic heterocycles. The second-order valence-electron chi connectivity index (χ2n) is 4.96.